The number of aromatic amines is 1. The van der Waals surface area contributed by atoms with Gasteiger partial charge in [0.2, 0.25) is 0 Å². The fourth-order valence-corrected chi connectivity index (χ4v) is 2.72. The summed E-state index contributed by atoms with van der Waals surface area (Å²) in [4.78, 5) is 4.60. The van der Waals surface area contributed by atoms with E-state index in [2.05, 4.69) is 15.2 Å². The Morgan fingerprint density at radius 3 is 2.43 bits per heavy atom. The number of sulfone groups is 1. The normalized spacial score (nSPS) is 11.5. The molecule has 0 saturated heterocycles. The molecule has 0 amide bonds. The van der Waals surface area contributed by atoms with Crippen LogP contribution in [0.4, 0.5) is 0 Å². The van der Waals surface area contributed by atoms with Crippen LogP contribution in [-0.4, -0.2) is 29.9 Å². The molecule has 5 nitrogen and oxygen atoms in total. The molecule has 3 rings (SSSR count). The van der Waals surface area contributed by atoms with Crippen LogP contribution in [0.5, 0.6) is 0 Å². The van der Waals surface area contributed by atoms with Gasteiger partial charge in [0, 0.05) is 23.6 Å². The van der Waals surface area contributed by atoms with Crippen LogP contribution in [0.15, 0.2) is 59.8 Å². The summed E-state index contributed by atoms with van der Waals surface area (Å²) in [6, 6.07) is 12.4. The first kappa shape index (κ1) is 13.5. The lowest BCUT2D eigenvalue weighted by Gasteiger charge is -2.04. The van der Waals surface area contributed by atoms with Gasteiger partial charge in [0.25, 0.3) is 0 Å². The molecule has 0 bridgehead atoms. The van der Waals surface area contributed by atoms with Gasteiger partial charge in [-0.15, -0.1) is 0 Å². The summed E-state index contributed by atoms with van der Waals surface area (Å²) >= 11 is 0. The topological polar surface area (TPSA) is 75.7 Å². The molecule has 0 aliphatic heterocycles. The number of nitrogens with zero attached hydrogens (tertiary/aromatic N) is 2. The van der Waals surface area contributed by atoms with Crippen molar-refractivity contribution in [2.45, 2.75) is 4.90 Å². The van der Waals surface area contributed by atoms with Gasteiger partial charge in [0.15, 0.2) is 9.84 Å². The van der Waals surface area contributed by atoms with E-state index in [-0.39, 0.29) is 0 Å². The molecule has 0 unspecified atom stereocenters. The number of pyridine rings is 1. The Morgan fingerprint density at radius 1 is 1.05 bits per heavy atom. The third kappa shape index (κ3) is 2.71. The number of hydrogen-bond acceptors (Lipinski definition) is 4. The van der Waals surface area contributed by atoms with Gasteiger partial charge in [-0.25, -0.2) is 8.42 Å². The largest absolute Gasteiger partial charge is 0.277 e. The maximum atomic E-state index is 11.5. The smallest absolute Gasteiger partial charge is 0.175 e. The second-order valence-electron chi connectivity index (χ2n) is 4.67. The van der Waals surface area contributed by atoms with E-state index < -0.39 is 9.84 Å². The van der Waals surface area contributed by atoms with Gasteiger partial charge in [-0.2, -0.15) is 5.10 Å². The zero-order chi connectivity index (χ0) is 14.9. The maximum absolute atomic E-state index is 11.5. The Hall–Kier alpha value is -2.47. The average Bonchev–Trinajstić information content (AvgIpc) is 2.97. The minimum absolute atomic E-state index is 0.296. The Labute approximate surface area is 122 Å². The van der Waals surface area contributed by atoms with Crippen LogP contribution in [0.2, 0.25) is 0 Å². The molecule has 0 aliphatic rings. The fraction of sp³-hybridized carbons (Fsp3) is 0.0667. The van der Waals surface area contributed by atoms with Crippen LogP contribution in [0.25, 0.3) is 22.5 Å². The van der Waals surface area contributed by atoms with Crippen LogP contribution in [-0.2, 0) is 9.84 Å². The highest BCUT2D eigenvalue weighted by atomic mass is 32.2. The summed E-state index contributed by atoms with van der Waals surface area (Å²) in [5.41, 5.74) is 3.37. The third-order valence-corrected chi connectivity index (χ3v) is 4.28. The lowest BCUT2D eigenvalue weighted by molar-refractivity contribution is 0.602. The highest BCUT2D eigenvalue weighted by Gasteiger charge is 2.12. The molecule has 1 aromatic carbocycles. The molecule has 0 spiro atoms. The first-order valence-corrected chi connectivity index (χ1v) is 8.20. The van der Waals surface area contributed by atoms with Gasteiger partial charge in [0.1, 0.15) is 0 Å². The predicted octanol–water partition coefficient (Wildman–Crippen LogP) is 2.54. The second-order valence-corrected chi connectivity index (χ2v) is 6.69. The van der Waals surface area contributed by atoms with Gasteiger partial charge in [-0.1, -0.05) is 18.2 Å². The second kappa shape index (κ2) is 5.14. The van der Waals surface area contributed by atoms with E-state index >= 15 is 0 Å². The van der Waals surface area contributed by atoms with Gasteiger partial charge in [0.05, 0.1) is 22.5 Å². The summed E-state index contributed by atoms with van der Waals surface area (Å²) in [5, 5.41) is 7.00. The van der Waals surface area contributed by atoms with E-state index in [4.69, 9.17) is 0 Å². The van der Waals surface area contributed by atoms with Crippen LogP contribution < -0.4 is 0 Å². The molecule has 0 atom stereocenters. The summed E-state index contributed by atoms with van der Waals surface area (Å²) in [6.45, 7) is 0. The van der Waals surface area contributed by atoms with E-state index in [1.165, 1.54) is 6.26 Å². The van der Waals surface area contributed by atoms with Gasteiger partial charge < -0.3 is 0 Å². The fourth-order valence-electron chi connectivity index (χ4n) is 2.09. The summed E-state index contributed by atoms with van der Waals surface area (Å²) in [6.07, 6.45) is 4.62. The number of nitrogens with one attached hydrogen (secondary N) is 1. The summed E-state index contributed by atoms with van der Waals surface area (Å²) < 4.78 is 23.0. The Balaban J connectivity index is 2.05. The quantitative estimate of drug-likeness (QED) is 0.806. The number of rotatable bonds is 3. The van der Waals surface area contributed by atoms with Crippen molar-refractivity contribution in [3.05, 3.63) is 54.9 Å². The predicted molar refractivity (Wildman–Crippen MR) is 80.4 cm³/mol. The molecule has 21 heavy (non-hydrogen) atoms. The molecule has 2 aromatic heterocycles. The van der Waals surface area contributed by atoms with E-state index in [0.717, 1.165) is 22.5 Å². The molecular weight excluding hydrogens is 286 g/mol. The van der Waals surface area contributed by atoms with Gasteiger partial charge in [-0.3, -0.25) is 10.1 Å². The first-order chi connectivity index (χ1) is 10.1. The summed E-state index contributed by atoms with van der Waals surface area (Å²) in [5.74, 6) is 0. The Kier molecular flexibility index (Phi) is 3.31. The molecule has 0 radical (unpaired) electrons. The molecule has 2 heterocycles. The molecule has 106 valence electrons. The molecule has 0 saturated carbocycles. The van der Waals surface area contributed by atoms with Crippen molar-refractivity contribution < 1.29 is 8.42 Å². The van der Waals surface area contributed by atoms with E-state index in [1.54, 1.807) is 36.7 Å². The highest BCUT2D eigenvalue weighted by molar-refractivity contribution is 7.90. The van der Waals surface area contributed by atoms with E-state index in [1.807, 2.05) is 18.2 Å². The third-order valence-electron chi connectivity index (χ3n) is 3.15. The van der Waals surface area contributed by atoms with Crippen molar-refractivity contribution in [2.24, 2.45) is 0 Å². The van der Waals surface area contributed by atoms with Crippen LogP contribution in [0.1, 0.15) is 0 Å². The minimum atomic E-state index is -3.19. The zero-order valence-corrected chi connectivity index (χ0v) is 12.1. The van der Waals surface area contributed by atoms with Crippen LogP contribution in [0, 0.1) is 0 Å². The Morgan fingerprint density at radius 2 is 1.81 bits per heavy atom. The lowest BCUT2D eigenvalue weighted by atomic mass is 10.1. The van der Waals surface area contributed by atoms with Crippen LogP contribution >= 0.6 is 0 Å². The summed E-state index contributed by atoms with van der Waals surface area (Å²) in [7, 11) is -3.19. The van der Waals surface area contributed by atoms with Crippen LogP contribution in [0.3, 0.4) is 0 Å². The van der Waals surface area contributed by atoms with E-state index in [9.17, 15) is 8.42 Å². The van der Waals surface area contributed by atoms with Crippen molar-refractivity contribution in [1.82, 2.24) is 15.2 Å². The monoisotopic (exact) mass is 299 g/mol. The van der Waals surface area contributed by atoms with Crippen molar-refractivity contribution >= 4 is 9.84 Å². The zero-order valence-electron chi connectivity index (χ0n) is 11.3. The van der Waals surface area contributed by atoms with Gasteiger partial charge >= 0.3 is 0 Å². The number of benzene rings is 1. The molecule has 0 aliphatic carbocycles. The first-order valence-electron chi connectivity index (χ1n) is 6.31. The average molecular weight is 299 g/mol. The Bertz CT molecular complexity index is 853. The van der Waals surface area contributed by atoms with E-state index in [0.29, 0.717) is 4.90 Å². The minimum Gasteiger partial charge on any atom is -0.277 e. The molecule has 3 aromatic rings. The molecular formula is C15H13N3O2S. The number of H-pyrrole nitrogens is 1. The highest BCUT2D eigenvalue weighted by Crippen LogP contribution is 2.29. The maximum Gasteiger partial charge on any atom is 0.175 e. The number of hydrogen-bond donors (Lipinski definition) is 1. The van der Waals surface area contributed by atoms with Crippen molar-refractivity contribution in [1.29, 1.82) is 0 Å². The molecule has 6 heteroatoms. The van der Waals surface area contributed by atoms with Crippen molar-refractivity contribution in [3.63, 3.8) is 0 Å². The molecule has 1 N–H and O–H groups in total. The number of aromatic nitrogens is 3. The lowest BCUT2D eigenvalue weighted by Crippen LogP contribution is -1.96. The van der Waals surface area contributed by atoms with Crippen molar-refractivity contribution in [3.8, 4) is 22.5 Å². The van der Waals surface area contributed by atoms with Crippen molar-refractivity contribution in [2.75, 3.05) is 6.26 Å². The SMILES string of the molecule is CS(=O)(=O)c1ccc(-c2[nH]ncc2-c2ccccn2)cc1. The van der Waals surface area contributed by atoms with Gasteiger partial charge in [-0.05, 0) is 24.3 Å². The standard InChI is InChI=1S/C15H13N3O2S/c1-21(19,20)12-7-5-11(6-8-12)15-13(10-17-18-15)14-4-2-3-9-16-14/h2-10H,1H3,(H,17,18). The molecule has 0 fully saturated rings.